The molecule has 0 spiro atoms. The third-order valence-electron chi connectivity index (χ3n) is 8.56. The third-order valence-corrected chi connectivity index (χ3v) is 8.56. The second kappa shape index (κ2) is 15.3. The number of aromatic hydroxyl groups is 1. The fourth-order valence-corrected chi connectivity index (χ4v) is 6.31. The van der Waals surface area contributed by atoms with Crippen molar-refractivity contribution in [1.82, 2.24) is 19.6 Å². The van der Waals surface area contributed by atoms with Crippen LogP contribution in [-0.2, 0) is 9.53 Å². The molecule has 8 nitrogen and oxygen atoms in total. The van der Waals surface area contributed by atoms with Gasteiger partial charge in [-0.25, -0.2) is 0 Å². The van der Waals surface area contributed by atoms with Gasteiger partial charge < -0.3 is 14.7 Å². The summed E-state index contributed by atoms with van der Waals surface area (Å²) >= 11 is 0. The first-order chi connectivity index (χ1) is 20.3. The van der Waals surface area contributed by atoms with Gasteiger partial charge in [0.1, 0.15) is 5.75 Å². The van der Waals surface area contributed by atoms with Crippen LogP contribution in [0.5, 0.6) is 5.75 Å². The SMILES string of the molecule is C=CCN1C[C@H](C)N(C(c2cccc(O)c2)c2cccc(C(=O)N3CCN(CCCCC(=O)OCC)CC3)c2)C[C@H]1C. The van der Waals surface area contributed by atoms with E-state index < -0.39 is 0 Å². The number of phenolic OH excluding ortho intramolecular Hbond substituents is 1. The minimum absolute atomic E-state index is 0.0608. The normalized spacial score (nSPS) is 21.2. The lowest BCUT2D eigenvalue weighted by molar-refractivity contribution is -0.143. The van der Waals surface area contributed by atoms with Crippen LogP contribution in [0.4, 0.5) is 0 Å². The molecule has 2 aromatic rings. The molecule has 2 saturated heterocycles. The van der Waals surface area contributed by atoms with E-state index in [0.717, 1.165) is 63.2 Å². The Morgan fingerprint density at radius 3 is 2.40 bits per heavy atom. The first-order valence-electron chi connectivity index (χ1n) is 15.5. The van der Waals surface area contributed by atoms with Crippen molar-refractivity contribution in [3.05, 3.63) is 77.9 Å². The molecule has 2 aliphatic heterocycles. The average molecular weight is 577 g/mol. The van der Waals surface area contributed by atoms with Crippen LogP contribution in [0.2, 0.25) is 0 Å². The highest BCUT2D eigenvalue weighted by atomic mass is 16.5. The van der Waals surface area contributed by atoms with E-state index in [2.05, 4.69) is 47.3 Å². The van der Waals surface area contributed by atoms with Crippen molar-refractivity contribution in [2.45, 2.75) is 58.2 Å². The van der Waals surface area contributed by atoms with Crippen molar-refractivity contribution < 1.29 is 19.4 Å². The summed E-state index contributed by atoms with van der Waals surface area (Å²) in [6.45, 7) is 17.3. The van der Waals surface area contributed by atoms with E-state index in [1.54, 1.807) is 6.07 Å². The number of esters is 1. The Balaban J connectivity index is 1.44. The minimum Gasteiger partial charge on any atom is -0.508 e. The van der Waals surface area contributed by atoms with Crippen LogP contribution in [0.3, 0.4) is 0 Å². The predicted octanol–water partition coefficient (Wildman–Crippen LogP) is 4.55. The molecular formula is C34H48N4O4. The molecule has 228 valence electrons. The monoisotopic (exact) mass is 576 g/mol. The number of hydrogen-bond donors (Lipinski definition) is 1. The molecule has 2 fully saturated rings. The van der Waals surface area contributed by atoms with E-state index in [9.17, 15) is 14.7 Å². The van der Waals surface area contributed by atoms with E-state index in [4.69, 9.17) is 4.74 Å². The van der Waals surface area contributed by atoms with Crippen LogP contribution in [0.15, 0.2) is 61.2 Å². The van der Waals surface area contributed by atoms with Crippen LogP contribution in [0.1, 0.15) is 67.6 Å². The number of carbonyl (C=O) groups is 2. The molecule has 1 unspecified atom stereocenters. The quantitative estimate of drug-likeness (QED) is 0.226. The summed E-state index contributed by atoms with van der Waals surface area (Å²) in [4.78, 5) is 34.5. The Kier molecular flexibility index (Phi) is 11.6. The van der Waals surface area contributed by atoms with Gasteiger partial charge in [-0.1, -0.05) is 30.3 Å². The van der Waals surface area contributed by atoms with Gasteiger partial charge in [0.15, 0.2) is 0 Å². The molecule has 2 heterocycles. The first kappa shape index (κ1) is 31.7. The maximum atomic E-state index is 13.7. The molecule has 0 aromatic heterocycles. The van der Waals surface area contributed by atoms with Crippen molar-refractivity contribution in [3.63, 3.8) is 0 Å². The standard InChI is InChI=1S/C34H48N4O4/c1-5-16-37-24-27(4)38(25-26(37)3)33(29-12-10-14-31(39)23-29)28-11-9-13-30(22-28)34(41)36-20-18-35(19-21-36)17-8-7-15-32(40)42-6-2/h5,9-14,22-23,26-27,33,39H,1,6-8,15-21,24-25H2,2-4H3/t26-,27+,33?/m1/s1. The van der Waals surface area contributed by atoms with Crippen molar-refractivity contribution in [2.75, 3.05) is 59.0 Å². The maximum absolute atomic E-state index is 13.7. The van der Waals surface area contributed by atoms with Gasteiger partial charge in [0.25, 0.3) is 5.91 Å². The second-order valence-electron chi connectivity index (χ2n) is 11.7. The molecule has 0 radical (unpaired) electrons. The van der Waals surface area contributed by atoms with Gasteiger partial charge in [-0.2, -0.15) is 0 Å². The molecule has 3 atom stereocenters. The van der Waals surface area contributed by atoms with Crippen molar-refractivity contribution in [3.8, 4) is 5.75 Å². The molecule has 1 N–H and O–H groups in total. The summed E-state index contributed by atoms with van der Waals surface area (Å²) in [5.74, 6) is 0.181. The molecule has 42 heavy (non-hydrogen) atoms. The summed E-state index contributed by atoms with van der Waals surface area (Å²) in [6.07, 6.45) is 4.21. The van der Waals surface area contributed by atoms with Crippen LogP contribution < -0.4 is 0 Å². The summed E-state index contributed by atoms with van der Waals surface area (Å²) in [5.41, 5.74) is 2.78. The van der Waals surface area contributed by atoms with E-state index in [1.807, 2.05) is 48.2 Å². The van der Waals surface area contributed by atoms with Gasteiger partial charge in [0.05, 0.1) is 12.6 Å². The van der Waals surface area contributed by atoms with E-state index in [-0.39, 0.29) is 29.7 Å². The van der Waals surface area contributed by atoms with Crippen LogP contribution >= 0.6 is 0 Å². The van der Waals surface area contributed by atoms with Gasteiger partial charge in [-0.3, -0.25) is 24.3 Å². The van der Waals surface area contributed by atoms with Gasteiger partial charge in [-0.15, -0.1) is 6.58 Å². The number of hydrogen-bond acceptors (Lipinski definition) is 7. The lowest BCUT2D eigenvalue weighted by Gasteiger charge is -2.47. The zero-order valence-corrected chi connectivity index (χ0v) is 25.6. The minimum atomic E-state index is -0.125. The van der Waals surface area contributed by atoms with Gasteiger partial charge in [0.2, 0.25) is 0 Å². The first-order valence-corrected chi connectivity index (χ1v) is 15.5. The number of benzene rings is 2. The van der Waals surface area contributed by atoms with Crippen LogP contribution in [0, 0.1) is 0 Å². The average Bonchev–Trinajstić information content (AvgIpc) is 2.98. The molecule has 0 saturated carbocycles. The molecular weight excluding hydrogens is 528 g/mol. The molecule has 8 heteroatoms. The lowest BCUT2D eigenvalue weighted by Crippen LogP contribution is -2.57. The molecule has 4 rings (SSSR count). The fraction of sp³-hybridized carbons (Fsp3) is 0.529. The summed E-state index contributed by atoms with van der Waals surface area (Å²) in [6, 6.07) is 16.1. The molecule has 1 amide bonds. The zero-order valence-electron chi connectivity index (χ0n) is 25.6. The Bertz CT molecular complexity index is 1200. The summed E-state index contributed by atoms with van der Waals surface area (Å²) in [7, 11) is 0. The number of rotatable bonds is 12. The number of nitrogens with zero attached hydrogens (tertiary/aromatic N) is 4. The largest absolute Gasteiger partial charge is 0.508 e. The Morgan fingerprint density at radius 1 is 1.00 bits per heavy atom. The third kappa shape index (κ3) is 8.21. The van der Waals surface area contributed by atoms with E-state index in [0.29, 0.717) is 37.7 Å². The smallest absolute Gasteiger partial charge is 0.305 e. The molecule has 0 bridgehead atoms. The number of phenols is 1. The number of carbonyl (C=O) groups excluding carboxylic acids is 2. The summed E-state index contributed by atoms with van der Waals surface area (Å²) < 4.78 is 5.01. The predicted molar refractivity (Wildman–Crippen MR) is 167 cm³/mol. The Hall–Kier alpha value is -3.20. The van der Waals surface area contributed by atoms with Crippen molar-refractivity contribution in [2.24, 2.45) is 0 Å². The number of ether oxygens (including phenoxy) is 1. The van der Waals surface area contributed by atoms with Crippen LogP contribution in [0.25, 0.3) is 0 Å². The Labute approximate surface area is 251 Å². The molecule has 2 aliphatic rings. The summed E-state index contributed by atoms with van der Waals surface area (Å²) in [5, 5.41) is 10.4. The molecule has 0 aliphatic carbocycles. The topological polar surface area (TPSA) is 76.6 Å². The van der Waals surface area contributed by atoms with E-state index >= 15 is 0 Å². The van der Waals surface area contributed by atoms with Crippen LogP contribution in [-0.4, -0.2) is 108 Å². The fourth-order valence-electron chi connectivity index (χ4n) is 6.31. The maximum Gasteiger partial charge on any atom is 0.305 e. The second-order valence-corrected chi connectivity index (χ2v) is 11.7. The number of unbranched alkanes of at least 4 members (excludes halogenated alkanes) is 1. The van der Waals surface area contributed by atoms with Crippen molar-refractivity contribution in [1.29, 1.82) is 0 Å². The van der Waals surface area contributed by atoms with E-state index in [1.165, 1.54) is 0 Å². The zero-order chi connectivity index (χ0) is 30.1. The Morgan fingerprint density at radius 2 is 1.71 bits per heavy atom. The molecule has 2 aromatic carbocycles. The van der Waals surface area contributed by atoms with Gasteiger partial charge in [-0.05, 0) is 75.5 Å². The van der Waals surface area contributed by atoms with Gasteiger partial charge >= 0.3 is 5.97 Å². The van der Waals surface area contributed by atoms with Gasteiger partial charge in [0, 0.05) is 69.9 Å². The number of amides is 1. The highest BCUT2D eigenvalue weighted by molar-refractivity contribution is 5.94. The number of piperazine rings is 2. The highest BCUT2D eigenvalue weighted by Gasteiger charge is 2.35. The highest BCUT2D eigenvalue weighted by Crippen LogP contribution is 2.35. The lowest BCUT2D eigenvalue weighted by atomic mass is 9.92. The van der Waals surface area contributed by atoms with Crippen molar-refractivity contribution >= 4 is 11.9 Å².